The number of methoxy groups -OCH3 is 1. The van der Waals surface area contributed by atoms with E-state index in [9.17, 15) is 0 Å². The largest absolute Gasteiger partial charge is 0.413 e. The molecule has 0 bridgehead atoms. The van der Waals surface area contributed by atoms with Crippen LogP contribution in [-0.4, -0.2) is 42.1 Å². The topological polar surface area (TPSA) is 27.7 Å². The molecule has 0 spiro atoms. The molecule has 0 aromatic rings. The van der Waals surface area contributed by atoms with E-state index in [1.807, 2.05) is 7.11 Å². The van der Waals surface area contributed by atoms with E-state index in [0.29, 0.717) is 24.4 Å². The average Bonchev–Trinajstić information content (AvgIpc) is 3.33. The molecule has 0 aromatic carbocycles. The van der Waals surface area contributed by atoms with Crippen LogP contribution in [0.1, 0.15) is 101 Å². The predicted molar refractivity (Wildman–Crippen MR) is 169 cm³/mol. The lowest BCUT2D eigenvalue weighted by molar-refractivity contribution is 0.0101. The normalized spacial score (nSPS) is 34.2. The highest BCUT2D eigenvalue weighted by Crippen LogP contribution is 2.58. The van der Waals surface area contributed by atoms with E-state index in [2.05, 4.69) is 88.4 Å². The maximum absolute atomic E-state index is 7.54. The lowest BCUT2D eigenvalue weighted by Gasteiger charge is -2.47. The first kappa shape index (κ1) is 32.3. The smallest absolute Gasteiger partial charge is 0.193 e. The number of hydrogen-bond donors (Lipinski definition) is 0. The second kappa shape index (κ2) is 11.6. The van der Waals surface area contributed by atoms with Gasteiger partial charge in [0.25, 0.3) is 0 Å². The number of allylic oxidation sites excluding steroid dienone is 2. The van der Waals surface area contributed by atoms with Gasteiger partial charge < -0.3 is 13.6 Å². The maximum atomic E-state index is 7.54. The molecule has 5 atom stereocenters. The van der Waals surface area contributed by atoms with Crippen LogP contribution in [-0.2, 0) is 13.6 Å². The van der Waals surface area contributed by atoms with E-state index in [1.165, 1.54) is 37.4 Å². The second-order valence-corrected chi connectivity index (χ2v) is 24.5. The SMILES string of the molecule is CC[Si](CC)(CC)O[C@]1(COC)CC[C@@H]2/C1=C\[C@@]1(C)CCC(C(C)C)=C1C[C@H](O[Si](C)(C)C(C)(C)C)[C@@H]2C. The molecule has 0 heterocycles. The van der Waals surface area contributed by atoms with Gasteiger partial charge in [0, 0.05) is 12.5 Å². The van der Waals surface area contributed by atoms with Crippen molar-refractivity contribution in [1.29, 1.82) is 0 Å². The minimum atomic E-state index is -1.93. The van der Waals surface area contributed by atoms with Crippen molar-refractivity contribution in [3.05, 3.63) is 22.8 Å². The summed E-state index contributed by atoms with van der Waals surface area (Å²) in [4.78, 5) is 0. The van der Waals surface area contributed by atoms with Crippen LogP contribution >= 0.6 is 0 Å². The molecular weight excluding hydrogens is 501 g/mol. The van der Waals surface area contributed by atoms with Crippen LogP contribution in [0, 0.1) is 23.2 Å². The minimum Gasteiger partial charge on any atom is -0.413 e. The molecule has 38 heavy (non-hydrogen) atoms. The molecular formula is C33H62O3Si2. The van der Waals surface area contributed by atoms with Crippen molar-refractivity contribution in [2.75, 3.05) is 13.7 Å². The maximum Gasteiger partial charge on any atom is 0.193 e. The summed E-state index contributed by atoms with van der Waals surface area (Å²) in [6, 6.07) is 3.53. The Bertz CT molecular complexity index is 886. The van der Waals surface area contributed by atoms with Crippen molar-refractivity contribution in [3.63, 3.8) is 0 Å². The first-order valence-corrected chi connectivity index (χ1v) is 21.3. The fourth-order valence-electron chi connectivity index (χ4n) is 7.64. The molecule has 1 saturated carbocycles. The van der Waals surface area contributed by atoms with Gasteiger partial charge in [-0.2, -0.15) is 0 Å². The number of rotatable bonds is 10. The molecule has 3 aliphatic rings. The molecule has 0 amide bonds. The first-order chi connectivity index (χ1) is 17.5. The summed E-state index contributed by atoms with van der Waals surface area (Å²) in [6.45, 7) is 29.6. The number of hydrogen-bond acceptors (Lipinski definition) is 3. The summed E-state index contributed by atoms with van der Waals surface area (Å²) in [5, 5.41) is 0.204. The summed E-state index contributed by atoms with van der Waals surface area (Å²) in [7, 11) is -1.90. The second-order valence-electron chi connectivity index (χ2n) is 15.1. The van der Waals surface area contributed by atoms with E-state index >= 15 is 0 Å². The van der Waals surface area contributed by atoms with Gasteiger partial charge in [-0.15, -0.1) is 0 Å². The van der Waals surface area contributed by atoms with Crippen molar-refractivity contribution >= 4 is 16.6 Å². The van der Waals surface area contributed by atoms with Gasteiger partial charge in [-0.3, -0.25) is 0 Å². The van der Waals surface area contributed by atoms with Crippen LogP contribution in [0.4, 0.5) is 0 Å². The summed E-state index contributed by atoms with van der Waals surface area (Å²) in [5.74, 6) is 1.55. The summed E-state index contributed by atoms with van der Waals surface area (Å²) in [5.41, 5.74) is 4.73. The molecule has 0 unspecified atom stereocenters. The zero-order chi connectivity index (χ0) is 28.7. The van der Waals surface area contributed by atoms with Gasteiger partial charge in [0.05, 0.1) is 12.7 Å². The minimum absolute atomic E-state index is 0.0872. The molecule has 0 radical (unpaired) electrons. The predicted octanol–water partition coefficient (Wildman–Crippen LogP) is 9.91. The van der Waals surface area contributed by atoms with Crippen LogP contribution in [0.25, 0.3) is 0 Å². The van der Waals surface area contributed by atoms with Crippen molar-refractivity contribution in [3.8, 4) is 0 Å². The van der Waals surface area contributed by atoms with E-state index < -0.39 is 16.6 Å². The molecule has 0 saturated heterocycles. The van der Waals surface area contributed by atoms with Crippen LogP contribution in [0.5, 0.6) is 0 Å². The highest BCUT2D eigenvalue weighted by atomic mass is 28.4. The van der Waals surface area contributed by atoms with E-state index in [-0.39, 0.29) is 22.2 Å². The Balaban J connectivity index is 2.21. The van der Waals surface area contributed by atoms with E-state index in [1.54, 1.807) is 16.7 Å². The zero-order valence-corrected chi connectivity index (χ0v) is 29.5. The Morgan fingerprint density at radius 2 is 1.66 bits per heavy atom. The van der Waals surface area contributed by atoms with Gasteiger partial charge in [0.15, 0.2) is 16.6 Å². The molecule has 0 N–H and O–H groups in total. The average molecular weight is 563 g/mol. The molecule has 0 aromatic heterocycles. The van der Waals surface area contributed by atoms with Crippen molar-refractivity contribution in [2.45, 2.75) is 149 Å². The fourth-order valence-corrected chi connectivity index (χ4v) is 12.1. The first-order valence-electron chi connectivity index (χ1n) is 15.9. The van der Waals surface area contributed by atoms with Gasteiger partial charge >= 0.3 is 0 Å². The third kappa shape index (κ3) is 5.89. The van der Waals surface area contributed by atoms with E-state index in [4.69, 9.17) is 13.6 Å². The number of ether oxygens (including phenoxy) is 1. The van der Waals surface area contributed by atoms with Crippen LogP contribution < -0.4 is 0 Å². The van der Waals surface area contributed by atoms with Gasteiger partial charge in [-0.05, 0) is 91.7 Å². The zero-order valence-electron chi connectivity index (χ0n) is 27.5. The van der Waals surface area contributed by atoms with Crippen molar-refractivity contribution < 1.29 is 13.6 Å². The Hall–Kier alpha value is -0.206. The Kier molecular flexibility index (Phi) is 9.85. The highest BCUT2D eigenvalue weighted by molar-refractivity contribution is 6.74. The molecule has 3 aliphatic carbocycles. The monoisotopic (exact) mass is 562 g/mol. The third-order valence-electron chi connectivity index (χ3n) is 11.5. The molecule has 3 rings (SSSR count). The van der Waals surface area contributed by atoms with Crippen LogP contribution in [0.15, 0.2) is 22.8 Å². The quantitative estimate of drug-likeness (QED) is 0.196. The molecule has 3 nitrogen and oxygen atoms in total. The summed E-state index contributed by atoms with van der Waals surface area (Å²) < 4.78 is 21.0. The molecule has 220 valence electrons. The number of fused-ring (bicyclic) bond motifs is 2. The molecule has 1 fully saturated rings. The Labute approximate surface area is 238 Å². The Morgan fingerprint density at radius 3 is 2.16 bits per heavy atom. The summed E-state index contributed by atoms with van der Waals surface area (Å²) >= 11 is 0. The van der Waals surface area contributed by atoms with Gasteiger partial charge in [0.1, 0.15) is 5.60 Å². The van der Waals surface area contributed by atoms with Gasteiger partial charge in [-0.1, -0.05) is 86.5 Å². The third-order valence-corrected chi connectivity index (χ3v) is 20.7. The van der Waals surface area contributed by atoms with Crippen LogP contribution in [0.2, 0.25) is 36.3 Å². The highest BCUT2D eigenvalue weighted by Gasteiger charge is 2.55. The van der Waals surface area contributed by atoms with Crippen LogP contribution in [0.3, 0.4) is 0 Å². The van der Waals surface area contributed by atoms with Gasteiger partial charge in [0.2, 0.25) is 0 Å². The summed E-state index contributed by atoms with van der Waals surface area (Å²) in [6.07, 6.45) is 8.77. The fraction of sp³-hybridized carbons (Fsp3) is 0.879. The molecule has 5 heteroatoms. The molecule has 0 aliphatic heterocycles. The standard InChI is InChI=1S/C33H62O3Si2/c1-14-38(15-2,16-3)36-33(23-34-11)20-18-27-25(6)30(35-37(12,13)31(7,8)9)21-28-26(24(4)5)17-19-32(28,10)22-29(27)33/h22,24-25,27,30H,14-21,23H2,1-13H3/b29-22+/t25-,27+,30+,32-,33+/m1/s1. The Morgan fingerprint density at radius 1 is 1.05 bits per heavy atom. The van der Waals surface area contributed by atoms with Crippen molar-refractivity contribution in [1.82, 2.24) is 0 Å². The van der Waals surface area contributed by atoms with Gasteiger partial charge in [-0.25, -0.2) is 0 Å². The van der Waals surface area contributed by atoms with Crippen molar-refractivity contribution in [2.24, 2.45) is 23.2 Å². The van der Waals surface area contributed by atoms with E-state index in [0.717, 1.165) is 12.8 Å². The lowest BCUT2D eigenvalue weighted by Crippen LogP contribution is -2.51. The lowest BCUT2D eigenvalue weighted by atomic mass is 9.69.